The predicted octanol–water partition coefficient (Wildman–Crippen LogP) is 4.27. The van der Waals surface area contributed by atoms with E-state index in [0.29, 0.717) is 5.02 Å². The third-order valence-corrected chi connectivity index (χ3v) is 4.20. The Labute approximate surface area is 119 Å². The van der Waals surface area contributed by atoms with Gasteiger partial charge in [-0.1, -0.05) is 17.7 Å². The minimum absolute atomic E-state index is 0.697. The number of aryl methyl sites for hydroxylation is 1. The zero-order valence-corrected chi connectivity index (χ0v) is 12.4. The summed E-state index contributed by atoms with van der Waals surface area (Å²) in [6.45, 7) is 1.95. The molecule has 18 heavy (non-hydrogen) atoms. The maximum Gasteiger partial charge on any atom is 0.203 e. The second-order valence-corrected chi connectivity index (χ2v) is 5.63. The summed E-state index contributed by atoms with van der Waals surface area (Å²) < 4.78 is 0. The summed E-state index contributed by atoms with van der Waals surface area (Å²) in [4.78, 5) is 5.36. The number of rotatable bonds is 4. The van der Waals surface area contributed by atoms with Crippen LogP contribution >= 0.6 is 34.7 Å². The molecule has 0 saturated heterocycles. The van der Waals surface area contributed by atoms with Crippen LogP contribution in [-0.2, 0) is 0 Å². The zero-order chi connectivity index (χ0) is 13.0. The molecule has 1 heterocycles. The van der Waals surface area contributed by atoms with E-state index in [1.807, 2.05) is 36.8 Å². The number of nitrogens with zero attached hydrogens (tertiary/aromatic N) is 2. The molecule has 0 spiro atoms. The fourth-order valence-electron chi connectivity index (χ4n) is 1.38. The van der Waals surface area contributed by atoms with E-state index in [2.05, 4.69) is 15.5 Å². The number of hydrogen-bond donors (Lipinski definition) is 1. The summed E-state index contributed by atoms with van der Waals surface area (Å²) >= 11 is 9.32. The van der Waals surface area contributed by atoms with Gasteiger partial charge in [-0.25, -0.2) is 4.98 Å². The molecule has 2 aromatic rings. The van der Waals surface area contributed by atoms with Gasteiger partial charge in [0.05, 0.1) is 16.9 Å². The number of nitrogens with one attached hydrogen (secondary N) is 1. The molecule has 0 bridgehead atoms. The maximum absolute atomic E-state index is 6.15. The van der Waals surface area contributed by atoms with Gasteiger partial charge in [0, 0.05) is 15.8 Å². The topological polar surface area (TPSA) is 37.3 Å². The van der Waals surface area contributed by atoms with Crippen LogP contribution in [0.15, 0.2) is 33.6 Å². The van der Waals surface area contributed by atoms with E-state index in [0.717, 1.165) is 21.3 Å². The van der Waals surface area contributed by atoms with Gasteiger partial charge in [-0.15, -0.1) is 23.1 Å². The molecule has 1 N–H and O–H groups in total. The van der Waals surface area contributed by atoms with E-state index >= 15 is 0 Å². The van der Waals surface area contributed by atoms with Crippen LogP contribution in [0, 0.1) is 6.92 Å². The highest BCUT2D eigenvalue weighted by Crippen LogP contribution is 2.25. The van der Waals surface area contributed by atoms with Crippen molar-refractivity contribution >= 4 is 46.0 Å². The molecule has 6 heteroatoms. The van der Waals surface area contributed by atoms with Crippen molar-refractivity contribution in [3.8, 4) is 0 Å². The third kappa shape index (κ3) is 3.25. The fraction of sp³-hybridized carbons (Fsp3) is 0.167. The van der Waals surface area contributed by atoms with Crippen molar-refractivity contribution in [1.82, 2.24) is 4.98 Å². The lowest BCUT2D eigenvalue weighted by atomic mass is 10.2. The Kier molecular flexibility index (Phi) is 4.63. The van der Waals surface area contributed by atoms with E-state index in [1.165, 1.54) is 11.3 Å². The highest BCUT2D eigenvalue weighted by molar-refractivity contribution is 7.98. The molecular weight excluding hydrogens is 286 g/mol. The Hall–Kier alpha value is -1.04. The molecule has 0 radical (unpaired) electrons. The molecule has 0 fully saturated rings. The van der Waals surface area contributed by atoms with Gasteiger partial charge in [0.15, 0.2) is 0 Å². The average molecular weight is 298 g/mol. The number of aromatic nitrogens is 1. The molecule has 1 aromatic heterocycles. The van der Waals surface area contributed by atoms with Gasteiger partial charge in [0.2, 0.25) is 5.13 Å². The van der Waals surface area contributed by atoms with Gasteiger partial charge >= 0.3 is 0 Å². The molecule has 0 amide bonds. The molecule has 3 nitrogen and oxygen atoms in total. The SMILES string of the molecule is CSc1cccc(Cl)c1C=NNc1nc(C)cs1. The molecular formula is C12H12ClN3S2. The van der Waals surface area contributed by atoms with Gasteiger partial charge in [-0.3, -0.25) is 5.43 Å². The smallest absolute Gasteiger partial charge is 0.203 e. The first-order valence-corrected chi connectivity index (χ1v) is 7.72. The summed E-state index contributed by atoms with van der Waals surface area (Å²) in [6, 6.07) is 5.81. The number of hydrogen-bond acceptors (Lipinski definition) is 5. The largest absolute Gasteiger partial charge is 0.253 e. The van der Waals surface area contributed by atoms with Crippen LogP contribution in [0.25, 0.3) is 0 Å². The van der Waals surface area contributed by atoms with Crippen molar-refractivity contribution in [3.63, 3.8) is 0 Å². The van der Waals surface area contributed by atoms with Gasteiger partial charge < -0.3 is 0 Å². The van der Waals surface area contributed by atoms with Gasteiger partial charge in [-0.2, -0.15) is 5.10 Å². The lowest BCUT2D eigenvalue weighted by molar-refractivity contribution is 1.22. The van der Waals surface area contributed by atoms with Gasteiger partial charge in [-0.05, 0) is 25.3 Å². The highest BCUT2D eigenvalue weighted by Gasteiger charge is 2.03. The van der Waals surface area contributed by atoms with E-state index in [9.17, 15) is 0 Å². The van der Waals surface area contributed by atoms with Crippen molar-refractivity contribution in [3.05, 3.63) is 39.9 Å². The van der Waals surface area contributed by atoms with Crippen molar-refractivity contribution in [2.24, 2.45) is 5.10 Å². The van der Waals surface area contributed by atoms with Crippen LogP contribution in [0.1, 0.15) is 11.3 Å². The van der Waals surface area contributed by atoms with E-state index in [4.69, 9.17) is 11.6 Å². The number of halogens is 1. The average Bonchev–Trinajstić information content (AvgIpc) is 2.77. The lowest BCUT2D eigenvalue weighted by Crippen LogP contribution is -1.92. The number of thioether (sulfide) groups is 1. The van der Waals surface area contributed by atoms with Crippen LogP contribution in [0.5, 0.6) is 0 Å². The Balaban J connectivity index is 2.13. The Morgan fingerprint density at radius 2 is 2.33 bits per heavy atom. The minimum Gasteiger partial charge on any atom is -0.253 e. The van der Waals surface area contributed by atoms with Crippen LogP contribution in [0.2, 0.25) is 5.02 Å². The van der Waals surface area contributed by atoms with Gasteiger partial charge in [0.25, 0.3) is 0 Å². The fourth-order valence-corrected chi connectivity index (χ4v) is 2.89. The van der Waals surface area contributed by atoms with E-state index in [-0.39, 0.29) is 0 Å². The van der Waals surface area contributed by atoms with E-state index in [1.54, 1.807) is 18.0 Å². The van der Waals surface area contributed by atoms with Crippen LogP contribution in [-0.4, -0.2) is 17.5 Å². The summed E-state index contributed by atoms with van der Waals surface area (Å²) in [6.07, 6.45) is 3.74. The molecule has 0 aliphatic heterocycles. The molecule has 94 valence electrons. The summed E-state index contributed by atoms with van der Waals surface area (Å²) in [5, 5.41) is 7.62. The Morgan fingerprint density at radius 3 is 3.00 bits per heavy atom. The Bertz CT molecular complexity index is 566. The van der Waals surface area contributed by atoms with Crippen molar-refractivity contribution < 1.29 is 0 Å². The van der Waals surface area contributed by atoms with Gasteiger partial charge in [0.1, 0.15) is 0 Å². The number of hydrazone groups is 1. The molecule has 1 aromatic carbocycles. The quantitative estimate of drug-likeness (QED) is 0.520. The maximum atomic E-state index is 6.15. The molecule has 0 unspecified atom stereocenters. The zero-order valence-electron chi connectivity index (χ0n) is 9.98. The first kappa shape index (κ1) is 13.4. The van der Waals surface area contributed by atoms with Crippen molar-refractivity contribution in [2.75, 3.05) is 11.7 Å². The first-order valence-electron chi connectivity index (χ1n) is 5.24. The van der Waals surface area contributed by atoms with Crippen molar-refractivity contribution in [2.45, 2.75) is 11.8 Å². The van der Waals surface area contributed by atoms with E-state index < -0.39 is 0 Å². The normalized spacial score (nSPS) is 11.1. The molecule has 2 rings (SSSR count). The summed E-state index contributed by atoms with van der Waals surface area (Å²) in [7, 11) is 0. The number of thiazole rings is 1. The standard InChI is InChI=1S/C12H12ClN3S2/c1-8-7-18-12(15-8)16-14-6-9-10(13)4-3-5-11(9)17-2/h3-7H,1-2H3,(H,15,16). The number of benzene rings is 1. The third-order valence-electron chi connectivity index (χ3n) is 2.21. The summed E-state index contributed by atoms with van der Waals surface area (Å²) in [5.41, 5.74) is 4.81. The molecule has 0 aliphatic rings. The molecule has 0 aliphatic carbocycles. The van der Waals surface area contributed by atoms with Crippen LogP contribution in [0.3, 0.4) is 0 Å². The first-order chi connectivity index (χ1) is 8.70. The lowest BCUT2D eigenvalue weighted by Gasteiger charge is -2.03. The summed E-state index contributed by atoms with van der Waals surface area (Å²) in [5.74, 6) is 0. The van der Waals surface area contributed by atoms with Crippen LogP contribution < -0.4 is 5.43 Å². The second-order valence-electron chi connectivity index (χ2n) is 3.52. The molecule has 0 atom stereocenters. The van der Waals surface area contributed by atoms with Crippen LogP contribution in [0.4, 0.5) is 5.13 Å². The predicted molar refractivity (Wildman–Crippen MR) is 81.3 cm³/mol. The minimum atomic E-state index is 0.697. The highest BCUT2D eigenvalue weighted by atomic mass is 35.5. The monoisotopic (exact) mass is 297 g/mol. The van der Waals surface area contributed by atoms with Crippen molar-refractivity contribution in [1.29, 1.82) is 0 Å². The Morgan fingerprint density at radius 1 is 1.50 bits per heavy atom. The number of anilines is 1. The molecule has 0 saturated carbocycles. The second kappa shape index (κ2) is 6.22.